The smallest absolute Gasteiger partial charge is 0.339 e. The number of aliphatic hydroxyl groups is 1. The Morgan fingerprint density at radius 2 is 2.17 bits per heavy atom. The summed E-state index contributed by atoms with van der Waals surface area (Å²) in [5.41, 5.74) is 0.445. The molecule has 1 aromatic heterocycles. The molecule has 1 aromatic rings. The predicted molar refractivity (Wildman–Crippen MR) is 69.8 cm³/mol. The van der Waals surface area contributed by atoms with E-state index in [1.807, 2.05) is 4.90 Å². The largest absolute Gasteiger partial charge is 0.462 e. The molecule has 0 amide bonds. The first-order valence-electron chi connectivity index (χ1n) is 6.21. The fourth-order valence-electron chi connectivity index (χ4n) is 1.64. The van der Waals surface area contributed by atoms with Crippen LogP contribution in [0.5, 0.6) is 0 Å². The highest BCUT2D eigenvalue weighted by molar-refractivity contribution is 5.89. The summed E-state index contributed by atoms with van der Waals surface area (Å²) >= 11 is 0. The van der Waals surface area contributed by atoms with E-state index in [-0.39, 0.29) is 12.6 Å². The Morgan fingerprint density at radius 1 is 1.39 bits per heavy atom. The molecule has 0 aliphatic rings. The summed E-state index contributed by atoms with van der Waals surface area (Å²) in [4.78, 5) is 17.7. The minimum Gasteiger partial charge on any atom is -0.462 e. The van der Waals surface area contributed by atoms with Crippen molar-refractivity contribution in [1.82, 2.24) is 4.98 Å². The summed E-state index contributed by atoms with van der Waals surface area (Å²) in [7, 11) is 0. The van der Waals surface area contributed by atoms with Gasteiger partial charge in [0, 0.05) is 19.3 Å². The maximum absolute atomic E-state index is 11.5. The number of ether oxygens (including phenoxy) is 1. The molecule has 0 spiro atoms. The Balaban J connectivity index is 2.76. The van der Waals surface area contributed by atoms with Crippen LogP contribution in [0.2, 0.25) is 0 Å². The van der Waals surface area contributed by atoms with E-state index < -0.39 is 0 Å². The van der Waals surface area contributed by atoms with Crippen LogP contribution in [-0.2, 0) is 4.74 Å². The highest BCUT2D eigenvalue weighted by Gasteiger charge is 2.10. The summed E-state index contributed by atoms with van der Waals surface area (Å²) < 4.78 is 4.89. The summed E-state index contributed by atoms with van der Waals surface area (Å²) in [6, 6.07) is 3.47. The van der Waals surface area contributed by atoms with Crippen LogP contribution in [0, 0.1) is 0 Å². The van der Waals surface area contributed by atoms with Crippen LogP contribution in [0.25, 0.3) is 0 Å². The molecule has 1 heterocycles. The molecule has 0 saturated carbocycles. The number of rotatable bonds is 7. The van der Waals surface area contributed by atoms with Crippen molar-refractivity contribution < 1.29 is 14.6 Å². The minimum atomic E-state index is -0.360. The quantitative estimate of drug-likeness (QED) is 0.744. The van der Waals surface area contributed by atoms with Crippen LogP contribution in [0.4, 0.5) is 5.82 Å². The van der Waals surface area contributed by atoms with Crippen molar-refractivity contribution in [2.45, 2.75) is 20.3 Å². The van der Waals surface area contributed by atoms with Crippen molar-refractivity contribution >= 4 is 11.8 Å². The lowest BCUT2D eigenvalue weighted by molar-refractivity contribution is 0.0526. The van der Waals surface area contributed by atoms with Crippen molar-refractivity contribution in [1.29, 1.82) is 0 Å². The average Bonchev–Trinajstić information content (AvgIpc) is 2.39. The molecule has 0 bridgehead atoms. The maximum atomic E-state index is 11.5. The summed E-state index contributed by atoms with van der Waals surface area (Å²) in [6.07, 6.45) is 2.48. The average molecular weight is 252 g/mol. The molecule has 5 nitrogen and oxygen atoms in total. The zero-order valence-corrected chi connectivity index (χ0v) is 10.9. The van der Waals surface area contributed by atoms with Crippen LogP contribution in [0.1, 0.15) is 30.6 Å². The molecule has 1 rings (SSSR count). The topological polar surface area (TPSA) is 62.7 Å². The lowest BCUT2D eigenvalue weighted by Gasteiger charge is -2.22. The maximum Gasteiger partial charge on any atom is 0.339 e. The van der Waals surface area contributed by atoms with Crippen molar-refractivity contribution in [2.24, 2.45) is 0 Å². The standard InChI is InChI=1S/C13H20N2O3/c1-3-7-15(8-9-16)12-6-5-11(10-14-12)13(17)18-4-2/h5-6,10,16H,3-4,7-9H2,1-2H3. The highest BCUT2D eigenvalue weighted by atomic mass is 16.5. The van der Waals surface area contributed by atoms with Gasteiger partial charge in [-0.1, -0.05) is 6.92 Å². The fraction of sp³-hybridized carbons (Fsp3) is 0.538. The molecule has 0 saturated heterocycles. The number of carbonyl (C=O) groups is 1. The van der Waals surface area contributed by atoms with Gasteiger partial charge in [0.2, 0.25) is 0 Å². The van der Waals surface area contributed by atoms with E-state index >= 15 is 0 Å². The third kappa shape index (κ3) is 4.00. The second-order valence-corrected chi connectivity index (χ2v) is 3.84. The van der Waals surface area contributed by atoms with Gasteiger partial charge in [-0.2, -0.15) is 0 Å². The minimum absolute atomic E-state index is 0.0846. The van der Waals surface area contributed by atoms with E-state index in [2.05, 4.69) is 11.9 Å². The Kier molecular flexibility index (Phi) is 6.14. The van der Waals surface area contributed by atoms with E-state index in [1.54, 1.807) is 19.1 Å². The number of nitrogens with zero attached hydrogens (tertiary/aromatic N) is 2. The van der Waals surface area contributed by atoms with Gasteiger partial charge in [0.1, 0.15) is 5.82 Å². The van der Waals surface area contributed by atoms with Gasteiger partial charge in [0.25, 0.3) is 0 Å². The Morgan fingerprint density at radius 3 is 2.67 bits per heavy atom. The Hall–Kier alpha value is -1.62. The van der Waals surface area contributed by atoms with E-state index in [9.17, 15) is 4.79 Å². The molecule has 100 valence electrons. The van der Waals surface area contributed by atoms with Crippen LogP contribution in [0.3, 0.4) is 0 Å². The fourth-order valence-corrected chi connectivity index (χ4v) is 1.64. The number of carbonyl (C=O) groups excluding carboxylic acids is 1. The highest BCUT2D eigenvalue weighted by Crippen LogP contribution is 2.12. The van der Waals surface area contributed by atoms with E-state index in [1.165, 1.54) is 6.20 Å². The first-order valence-corrected chi connectivity index (χ1v) is 6.21. The van der Waals surface area contributed by atoms with Gasteiger partial charge in [-0.3, -0.25) is 0 Å². The SMILES string of the molecule is CCCN(CCO)c1ccc(C(=O)OCC)cn1. The lowest BCUT2D eigenvalue weighted by atomic mass is 10.2. The van der Waals surface area contributed by atoms with Crippen LogP contribution >= 0.6 is 0 Å². The Labute approximate surface area is 107 Å². The van der Waals surface area contributed by atoms with Crippen LogP contribution in [0.15, 0.2) is 18.3 Å². The third-order valence-corrected chi connectivity index (χ3v) is 2.45. The van der Waals surface area contributed by atoms with E-state index in [0.717, 1.165) is 18.8 Å². The molecule has 1 N–H and O–H groups in total. The second-order valence-electron chi connectivity index (χ2n) is 3.84. The molecule has 18 heavy (non-hydrogen) atoms. The van der Waals surface area contributed by atoms with Crippen LogP contribution < -0.4 is 4.90 Å². The molecule has 0 unspecified atom stereocenters. The monoisotopic (exact) mass is 252 g/mol. The van der Waals surface area contributed by atoms with Gasteiger partial charge < -0.3 is 14.7 Å². The normalized spacial score (nSPS) is 10.2. The van der Waals surface area contributed by atoms with Gasteiger partial charge >= 0.3 is 5.97 Å². The summed E-state index contributed by atoms with van der Waals surface area (Å²) in [5, 5.41) is 8.99. The molecular formula is C13H20N2O3. The molecule has 0 radical (unpaired) electrons. The van der Waals surface area contributed by atoms with Crippen LogP contribution in [-0.4, -0.2) is 42.4 Å². The third-order valence-electron chi connectivity index (χ3n) is 2.45. The molecule has 0 atom stereocenters. The molecule has 0 fully saturated rings. The number of hydrogen-bond donors (Lipinski definition) is 1. The molecule has 5 heteroatoms. The summed E-state index contributed by atoms with van der Waals surface area (Å²) in [5.74, 6) is 0.402. The zero-order valence-electron chi connectivity index (χ0n) is 10.9. The summed E-state index contributed by atoms with van der Waals surface area (Å²) in [6.45, 7) is 5.64. The van der Waals surface area contributed by atoms with E-state index in [4.69, 9.17) is 9.84 Å². The number of pyridine rings is 1. The first-order chi connectivity index (χ1) is 8.72. The lowest BCUT2D eigenvalue weighted by Crippen LogP contribution is -2.28. The predicted octanol–water partition coefficient (Wildman–Crippen LogP) is 1.47. The van der Waals surface area contributed by atoms with Crippen molar-refractivity contribution in [3.05, 3.63) is 23.9 Å². The van der Waals surface area contributed by atoms with Gasteiger partial charge in [-0.25, -0.2) is 9.78 Å². The number of anilines is 1. The van der Waals surface area contributed by atoms with Crippen molar-refractivity contribution in [3.8, 4) is 0 Å². The van der Waals surface area contributed by atoms with Gasteiger partial charge in [0.05, 0.1) is 18.8 Å². The number of aromatic nitrogens is 1. The van der Waals surface area contributed by atoms with Gasteiger partial charge in [-0.15, -0.1) is 0 Å². The first kappa shape index (κ1) is 14.4. The van der Waals surface area contributed by atoms with Gasteiger partial charge in [0.15, 0.2) is 0 Å². The van der Waals surface area contributed by atoms with E-state index in [0.29, 0.717) is 18.7 Å². The second kappa shape index (κ2) is 7.66. The molecular weight excluding hydrogens is 232 g/mol. The molecule has 0 aromatic carbocycles. The number of aliphatic hydroxyl groups excluding tert-OH is 1. The zero-order chi connectivity index (χ0) is 13.4. The molecule has 0 aliphatic carbocycles. The van der Waals surface area contributed by atoms with Gasteiger partial charge in [-0.05, 0) is 25.5 Å². The Bertz CT molecular complexity index is 359. The van der Waals surface area contributed by atoms with Crippen molar-refractivity contribution in [3.63, 3.8) is 0 Å². The van der Waals surface area contributed by atoms with Crippen molar-refractivity contribution in [2.75, 3.05) is 31.2 Å². The number of esters is 1. The number of hydrogen-bond acceptors (Lipinski definition) is 5. The molecule has 0 aliphatic heterocycles.